The summed E-state index contributed by atoms with van der Waals surface area (Å²) in [6, 6.07) is 16.4. The molecule has 2 aromatic rings. The van der Waals surface area contributed by atoms with Crippen LogP contribution in [0.25, 0.3) is 0 Å². The summed E-state index contributed by atoms with van der Waals surface area (Å²) in [6.45, 7) is 10.8. The molecule has 4 atom stereocenters. The molecule has 1 spiro atoms. The first-order valence-electron chi connectivity index (χ1n) is 15.0. The maximum atomic E-state index is 13.7. The fourth-order valence-electron chi connectivity index (χ4n) is 6.66. The van der Waals surface area contributed by atoms with Crippen LogP contribution in [0.5, 0.6) is 0 Å². The van der Waals surface area contributed by atoms with Crippen LogP contribution in [0.2, 0.25) is 0 Å². The highest BCUT2D eigenvalue weighted by Gasteiger charge is 2.66. The lowest BCUT2D eigenvalue weighted by atomic mass is 9.92. The van der Waals surface area contributed by atoms with E-state index in [1.54, 1.807) is 0 Å². The number of aryl methyl sites for hydroxylation is 1. The van der Waals surface area contributed by atoms with E-state index >= 15 is 0 Å². The molecule has 2 unspecified atom stereocenters. The summed E-state index contributed by atoms with van der Waals surface area (Å²) >= 11 is 0. The van der Waals surface area contributed by atoms with Crippen molar-refractivity contribution in [3.05, 3.63) is 70.8 Å². The first kappa shape index (κ1) is 27.4. The zero-order chi connectivity index (χ0) is 27.9. The number of likely N-dealkylation sites (N-methyl/N-ethyl adjacent to an activating group) is 1. The second kappa shape index (κ2) is 11.2. The van der Waals surface area contributed by atoms with Gasteiger partial charge in [-0.25, -0.2) is 4.90 Å². The van der Waals surface area contributed by atoms with Gasteiger partial charge in [0.25, 0.3) is 5.91 Å². The summed E-state index contributed by atoms with van der Waals surface area (Å²) in [6.07, 6.45) is 3.20. The number of hydrogen-bond acceptors (Lipinski definition) is 6. The lowest BCUT2D eigenvalue weighted by Crippen LogP contribution is -2.59. The molecule has 2 amide bonds. The topological polar surface area (TPSA) is 74.4 Å². The molecule has 0 radical (unpaired) electrons. The number of rotatable bonds is 12. The van der Waals surface area contributed by atoms with Gasteiger partial charge in [-0.3, -0.25) is 9.59 Å². The minimum Gasteiger partial charge on any atom is -0.351 e. The second-order valence-corrected chi connectivity index (χ2v) is 11.7. The maximum Gasteiger partial charge on any atom is 0.251 e. The van der Waals surface area contributed by atoms with Gasteiger partial charge in [0.1, 0.15) is 5.60 Å². The number of benzene rings is 2. The summed E-state index contributed by atoms with van der Waals surface area (Å²) in [5.41, 5.74) is 3.47. The number of fused-ring (bicyclic) bond motifs is 1. The summed E-state index contributed by atoms with van der Waals surface area (Å²) in [7, 11) is 0. The Morgan fingerprint density at radius 2 is 1.90 bits per heavy atom. The molecule has 7 rings (SSSR count). The molecule has 4 fully saturated rings. The molecule has 1 saturated carbocycles. The first-order chi connectivity index (χ1) is 19.4. The fraction of sp³-hybridized carbons (Fsp3) is 0.562. The van der Waals surface area contributed by atoms with Crippen LogP contribution in [0, 0.1) is 5.92 Å². The Hall–Kier alpha value is -2.78. The Labute approximate surface area is 237 Å². The monoisotopic (exact) mass is 546 g/mol. The molecular formula is C32H42N4O4. The molecule has 3 heterocycles. The van der Waals surface area contributed by atoms with E-state index < -0.39 is 12.0 Å². The molecule has 2 aromatic carbocycles. The van der Waals surface area contributed by atoms with Gasteiger partial charge in [0.05, 0.1) is 6.54 Å². The Kier molecular flexibility index (Phi) is 7.70. The van der Waals surface area contributed by atoms with Crippen LogP contribution < -0.4 is 5.32 Å². The van der Waals surface area contributed by atoms with Crippen molar-refractivity contribution in [3.8, 4) is 0 Å². The SMILES string of the molecule is CCN(CC)CCNC(=O)c1ccc2c(c1)CC[C@@]21OC2OC1N2CC(=O)N(Cc1ccccc1)[C@@H](C)C1CC1. The predicted octanol–water partition coefficient (Wildman–Crippen LogP) is 3.70. The van der Waals surface area contributed by atoms with Crippen molar-refractivity contribution in [1.29, 1.82) is 0 Å². The van der Waals surface area contributed by atoms with Crippen molar-refractivity contribution in [2.24, 2.45) is 5.92 Å². The second-order valence-electron chi connectivity index (χ2n) is 11.7. The lowest BCUT2D eigenvalue weighted by Gasteiger charge is -2.41. The van der Waals surface area contributed by atoms with Crippen molar-refractivity contribution in [2.75, 3.05) is 32.7 Å². The van der Waals surface area contributed by atoms with Crippen LogP contribution in [0.4, 0.5) is 0 Å². The average Bonchev–Trinajstić information content (AvgIpc) is 3.58. The fourth-order valence-corrected chi connectivity index (χ4v) is 6.66. The van der Waals surface area contributed by atoms with E-state index in [-0.39, 0.29) is 30.6 Å². The predicted molar refractivity (Wildman–Crippen MR) is 152 cm³/mol. The largest absolute Gasteiger partial charge is 0.351 e. The van der Waals surface area contributed by atoms with Crippen LogP contribution in [-0.2, 0) is 32.8 Å². The quantitative estimate of drug-likeness (QED) is 0.438. The smallest absolute Gasteiger partial charge is 0.251 e. The maximum absolute atomic E-state index is 13.7. The zero-order valence-electron chi connectivity index (χ0n) is 24.0. The van der Waals surface area contributed by atoms with Crippen molar-refractivity contribution in [1.82, 2.24) is 20.0 Å². The van der Waals surface area contributed by atoms with E-state index in [1.165, 1.54) is 12.8 Å². The van der Waals surface area contributed by atoms with E-state index in [1.807, 2.05) is 41.3 Å². The highest BCUT2D eigenvalue weighted by molar-refractivity contribution is 5.94. The van der Waals surface area contributed by atoms with E-state index in [0.29, 0.717) is 24.6 Å². The number of carbonyl (C=O) groups is 2. The van der Waals surface area contributed by atoms with Crippen LogP contribution in [0.15, 0.2) is 48.5 Å². The molecule has 2 bridgehead atoms. The summed E-state index contributed by atoms with van der Waals surface area (Å²) in [5, 5.41) is 3.06. The Morgan fingerprint density at radius 1 is 1.12 bits per heavy atom. The normalized spacial score (nSPS) is 25.6. The van der Waals surface area contributed by atoms with Gasteiger partial charge in [0.2, 0.25) is 12.3 Å². The summed E-state index contributed by atoms with van der Waals surface area (Å²) in [5.74, 6) is 0.668. The third kappa shape index (κ3) is 5.07. The van der Waals surface area contributed by atoms with E-state index in [0.717, 1.165) is 49.2 Å². The molecular weight excluding hydrogens is 504 g/mol. The third-order valence-electron chi connectivity index (χ3n) is 9.35. The molecule has 0 aromatic heterocycles. The average molecular weight is 547 g/mol. The highest BCUT2D eigenvalue weighted by Crippen LogP contribution is 2.56. The van der Waals surface area contributed by atoms with Crippen molar-refractivity contribution < 1.29 is 19.1 Å². The number of hydrogen-bond donors (Lipinski definition) is 1. The van der Waals surface area contributed by atoms with Crippen LogP contribution in [0.3, 0.4) is 0 Å². The number of nitrogens with one attached hydrogen (secondary N) is 1. The molecule has 2 aliphatic carbocycles. The molecule has 40 heavy (non-hydrogen) atoms. The lowest BCUT2D eigenvalue weighted by molar-refractivity contribution is -0.285. The van der Waals surface area contributed by atoms with Crippen molar-refractivity contribution in [2.45, 2.75) is 77.3 Å². The Bertz CT molecular complexity index is 1230. The minimum absolute atomic E-state index is 0.0423. The van der Waals surface area contributed by atoms with Gasteiger partial charge in [-0.05, 0) is 80.4 Å². The summed E-state index contributed by atoms with van der Waals surface area (Å²) < 4.78 is 12.6. The van der Waals surface area contributed by atoms with Crippen LogP contribution >= 0.6 is 0 Å². The van der Waals surface area contributed by atoms with Gasteiger partial charge in [-0.2, -0.15) is 0 Å². The van der Waals surface area contributed by atoms with Gasteiger partial charge in [-0.15, -0.1) is 0 Å². The number of ether oxygens (including phenoxy) is 2. The van der Waals surface area contributed by atoms with E-state index in [9.17, 15) is 9.59 Å². The molecule has 8 nitrogen and oxygen atoms in total. The minimum atomic E-state index is -0.579. The van der Waals surface area contributed by atoms with Crippen molar-refractivity contribution >= 4 is 11.8 Å². The van der Waals surface area contributed by atoms with Gasteiger partial charge in [0.15, 0.2) is 6.23 Å². The Balaban J connectivity index is 1.11. The van der Waals surface area contributed by atoms with Crippen LogP contribution in [0.1, 0.15) is 67.1 Å². The number of carbonyl (C=O) groups excluding carboxylic acids is 2. The molecule has 8 heteroatoms. The zero-order valence-corrected chi connectivity index (χ0v) is 24.0. The molecule has 3 aliphatic heterocycles. The number of nitrogens with zero attached hydrogens (tertiary/aromatic N) is 3. The third-order valence-corrected chi connectivity index (χ3v) is 9.35. The van der Waals surface area contributed by atoms with Gasteiger partial charge in [0, 0.05) is 31.2 Å². The Morgan fingerprint density at radius 3 is 2.62 bits per heavy atom. The molecule has 1 N–H and O–H groups in total. The highest BCUT2D eigenvalue weighted by atomic mass is 16.8. The molecule has 214 valence electrons. The van der Waals surface area contributed by atoms with Crippen LogP contribution in [-0.4, -0.2) is 77.9 Å². The van der Waals surface area contributed by atoms with Crippen molar-refractivity contribution in [3.63, 3.8) is 0 Å². The van der Waals surface area contributed by atoms with Gasteiger partial charge >= 0.3 is 0 Å². The number of amides is 2. The standard InChI is InChI=1S/C32H42N4O4/c1-4-34(5-2)18-17-33-29(38)26-13-14-27-25(19-26)15-16-32(27)30-36(31(39-30)40-32)21-28(37)35(22(3)24-11-12-24)20-23-9-7-6-8-10-23/h6-10,13-14,19,22,24,30-31H,4-5,11-12,15-18,20-21H2,1-3H3,(H,33,38)/t22-,30?,31?,32+/m0/s1. The summed E-state index contributed by atoms with van der Waals surface area (Å²) in [4.78, 5) is 32.9. The van der Waals surface area contributed by atoms with Gasteiger partial charge < -0.3 is 24.6 Å². The molecule has 5 aliphatic rings. The first-order valence-corrected chi connectivity index (χ1v) is 15.0. The van der Waals surface area contributed by atoms with E-state index in [4.69, 9.17) is 9.47 Å². The van der Waals surface area contributed by atoms with E-state index in [2.05, 4.69) is 48.0 Å². The van der Waals surface area contributed by atoms with Gasteiger partial charge in [-0.1, -0.05) is 50.2 Å². The molecule has 3 saturated heterocycles.